The number of nitrogens with one attached hydrogen (secondary N) is 2. The van der Waals surface area contributed by atoms with E-state index in [1.807, 2.05) is 31.2 Å². The molecule has 0 aromatic heterocycles. The van der Waals surface area contributed by atoms with Crippen LogP contribution in [0, 0.1) is 0 Å². The highest BCUT2D eigenvalue weighted by atomic mass is 35.5. The molecule has 0 aliphatic carbocycles. The molecule has 1 amide bonds. The number of carbonyl (C=O) groups excluding carboxylic acids is 1. The zero-order valence-corrected chi connectivity index (χ0v) is 13.8. The summed E-state index contributed by atoms with van der Waals surface area (Å²) in [7, 11) is 0. The average Bonchev–Trinajstić information content (AvgIpc) is 2.52. The fourth-order valence-corrected chi connectivity index (χ4v) is 2.31. The summed E-state index contributed by atoms with van der Waals surface area (Å²) in [6.07, 6.45) is 0.387. The minimum absolute atomic E-state index is 0. The number of morpholine rings is 1. The van der Waals surface area contributed by atoms with E-state index in [0.717, 1.165) is 24.2 Å². The van der Waals surface area contributed by atoms with Gasteiger partial charge in [-0.25, -0.2) is 0 Å². The number of ether oxygens (including phenoxy) is 2. The maximum Gasteiger partial charge on any atom is 0.222 e. The van der Waals surface area contributed by atoms with E-state index < -0.39 is 0 Å². The standard InChI is InChI=1S/C16H24N2O3.ClH/c1-2-20-12-14-6-4-3-5-13(14)10-18-16(19)9-15-11-17-7-8-21-15;/h3-6,15,17H,2,7-12H2,1H3,(H,18,19);1H. The lowest BCUT2D eigenvalue weighted by atomic mass is 10.1. The predicted octanol–water partition coefficient (Wildman–Crippen LogP) is 1.64. The number of rotatable bonds is 7. The van der Waals surface area contributed by atoms with Crippen molar-refractivity contribution in [2.45, 2.75) is 32.6 Å². The number of hydrogen-bond acceptors (Lipinski definition) is 4. The van der Waals surface area contributed by atoms with Gasteiger partial charge in [0.25, 0.3) is 0 Å². The summed E-state index contributed by atoms with van der Waals surface area (Å²) in [5.41, 5.74) is 2.22. The quantitative estimate of drug-likeness (QED) is 0.799. The highest BCUT2D eigenvalue weighted by Gasteiger charge is 2.17. The van der Waals surface area contributed by atoms with Gasteiger partial charge in [0.1, 0.15) is 0 Å². The van der Waals surface area contributed by atoms with Gasteiger partial charge in [-0.1, -0.05) is 24.3 Å². The first-order chi connectivity index (χ1) is 10.3. The average molecular weight is 329 g/mol. The SMILES string of the molecule is CCOCc1ccccc1CNC(=O)CC1CNCCO1.Cl. The van der Waals surface area contributed by atoms with Crippen LogP contribution in [0.1, 0.15) is 24.5 Å². The normalized spacial score (nSPS) is 17.6. The van der Waals surface area contributed by atoms with Crippen LogP contribution < -0.4 is 10.6 Å². The predicted molar refractivity (Wildman–Crippen MR) is 88.1 cm³/mol. The zero-order chi connectivity index (χ0) is 14.9. The number of benzene rings is 1. The first-order valence-electron chi connectivity index (χ1n) is 7.53. The molecular weight excluding hydrogens is 304 g/mol. The lowest BCUT2D eigenvalue weighted by molar-refractivity contribution is -0.124. The fraction of sp³-hybridized carbons (Fsp3) is 0.562. The molecule has 0 spiro atoms. The summed E-state index contributed by atoms with van der Waals surface area (Å²) in [6, 6.07) is 8.02. The molecule has 1 heterocycles. The van der Waals surface area contributed by atoms with Crippen molar-refractivity contribution in [3.8, 4) is 0 Å². The second-order valence-corrected chi connectivity index (χ2v) is 5.08. The van der Waals surface area contributed by atoms with Gasteiger partial charge < -0.3 is 20.1 Å². The molecule has 0 bridgehead atoms. The van der Waals surface area contributed by atoms with Crippen LogP contribution in [0.15, 0.2) is 24.3 Å². The summed E-state index contributed by atoms with van der Waals surface area (Å²) in [4.78, 5) is 12.0. The van der Waals surface area contributed by atoms with Crippen LogP contribution in [0.3, 0.4) is 0 Å². The minimum atomic E-state index is -0.0163. The molecule has 0 saturated carbocycles. The smallest absolute Gasteiger partial charge is 0.222 e. The summed E-state index contributed by atoms with van der Waals surface area (Å²) in [6.45, 7) is 6.06. The molecule has 1 fully saturated rings. The second kappa shape index (κ2) is 10.6. The first-order valence-corrected chi connectivity index (χ1v) is 7.53. The van der Waals surface area contributed by atoms with Crippen LogP contribution in [0.2, 0.25) is 0 Å². The molecule has 1 aromatic carbocycles. The van der Waals surface area contributed by atoms with Gasteiger partial charge in [-0.3, -0.25) is 4.79 Å². The van der Waals surface area contributed by atoms with Gasteiger partial charge in [0.05, 0.1) is 25.7 Å². The van der Waals surface area contributed by atoms with Gasteiger partial charge in [-0.05, 0) is 18.1 Å². The van der Waals surface area contributed by atoms with Gasteiger partial charge in [0.15, 0.2) is 0 Å². The van der Waals surface area contributed by atoms with Crippen LogP contribution in [-0.2, 0) is 27.4 Å². The van der Waals surface area contributed by atoms with Crippen molar-refractivity contribution in [2.24, 2.45) is 0 Å². The number of halogens is 1. The van der Waals surface area contributed by atoms with Gasteiger partial charge >= 0.3 is 0 Å². The van der Waals surface area contributed by atoms with E-state index in [4.69, 9.17) is 9.47 Å². The van der Waals surface area contributed by atoms with Crippen LogP contribution in [0.4, 0.5) is 0 Å². The monoisotopic (exact) mass is 328 g/mol. The Labute approximate surface area is 138 Å². The molecule has 1 saturated heterocycles. The van der Waals surface area contributed by atoms with Gasteiger partial charge in [-0.2, -0.15) is 0 Å². The molecular formula is C16H25ClN2O3. The number of carbonyl (C=O) groups is 1. The Kier molecular flexibility index (Phi) is 9.08. The van der Waals surface area contributed by atoms with Crippen molar-refractivity contribution in [2.75, 3.05) is 26.3 Å². The van der Waals surface area contributed by atoms with Crippen molar-refractivity contribution >= 4 is 18.3 Å². The molecule has 22 heavy (non-hydrogen) atoms. The van der Waals surface area contributed by atoms with E-state index in [2.05, 4.69) is 10.6 Å². The van der Waals surface area contributed by atoms with Crippen molar-refractivity contribution in [1.82, 2.24) is 10.6 Å². The van der Waals surface area contributed by atoms with Crippen LogP contribution in [0.25, 0.3) is 0 Å². The molecule has 2 N–H and O–H groups in total. The van der Waals surface area contributed by atoms with Gasteiger partial charge in [-0.15, -0.1) is 12.4 Å². The zero-order valence-electron chi connectivity index (χ0n) is 13.0. The van der Waals surface area contributed by atoms with Crippen molar-refractivity contribution < 1.29 is 14.3 Å². The third kappa shape index (κ3) is 6.32. The maximum atomic E-state index is 12.0. The highest BCUT2D eigenvalue weighted by molar-refractivity contribution is 5.85. The third-order valence-corrected chi connectivity index (χ3v) is 3.47. The number of amides is 1. The molecule has 1 aromatic rings. The van der Waals surface area contributed by atoms with Crippen LogP contribution >= 0.6 is 12.4 Å². The minimum Gasteiger partial charge on any atom is -0.377 e. The number of hydrogen-bond donors (Lipinski definition) is 2. The lowest BCUT2D eigenvalue weighted by Crippen LogP contribution is -2.41. The molecule has 6 heteroatoms. The first kappa shape index (κ1) is 18.9. The lowest BCUT2D eigenvalue weighted by Gasteiger charge is -2.23. The van der Waals surface area contributed by atoms with Crippen molar-refractivity contribution in [1.29, 1.82) is 0 Å². The summed E-state index contributed by atoms with van der Waals surface area (Å²) >= 11 is 0. The summed E-state index contributed by atoms with van der Waals surface area (Å²) in [5, 5.41) is 6.19. The van der Waals surface area contributed by atoms with Crippen LogP contribution in [0.5, 0.6) is 0 Å². The van der Waals surface area contributed by atoms with E-state index in [1.165, 1.54) is 0 Å². The molecule has 124 valence electrons. The molecule has 2 rings (SSSR count). The molecule has 1 aliphatic rings. The molecule has 1 unspecified atom stereocenters. The van der Waals surface area contributed by atoms with E-state index in [1.54, 1.807) is 0 Å². The molecule has 0 radical (unpaired) electrons. The Morgan fingerprint density at radius 2 is 2.18 bits per heavy atom. The Hall–Kier alpha value is -1.14. The largest absolute Gasteiger partial charge is 0.377 e. The summed E-state index contributed by atoms with van der Waals surface area (Å²) < 4.78 is 11.0. The van der Waals surface area contributed by atoms with E-state index in [0.29, 0.717) is 32.8 Å². The van der Waals surface area contributed by atoms with Crippen molar-refractivity contribution in [3.05, 3.63) is 35.4 Å². The van der Waals surface area contributed by atoms with E-state index in [9.17, 15) is 4.79 Å². The van der Waals surface area contributed by atoms with E-state index in [-0.39, 0.29) is 24.4 Å². The fourth-order valence-electron chi connectivity index (χ4n) is 2.31. The van der Waals surface area contributed by atoms with Gasteiger partial charge in [0, 0.05) is 26.2 Å². The highest BCUT2D eigenvalue weighted by Crippen LogP contribution is 2.10. The Bertz CT molecular complexity index is 451. The Balaban J connectivity index is 0.00000242. The van der Waals surface area contributed by atoms with E-state index >= 15 is 0 Å². The second-order valence-electron chi connectivity index (χ2n) is 5.08. The molecule has 5 nitrogen and oxygen atoms in total. The van der Waals surface area contributed by atoms with Gasteiger partial charge in [0.2, 0.25) is 5.91 Å². The molecule has 1 atom stereocenters. The van der Waals surface area contributed by atoms with Crippen molar-refractivity contribution in [3.63, 3.8) is 0 Å². The Morgan fingerprint density at radius 3 is 2.86 bits per heavy atom. The topological polar surface area (TPSA) is 59.6 Å². The third-order valence-electron chi connectivity index (χ3n) is 3.47. The summed E-state index contributed by atoms with van der Waals surface area (Å²) in [5.74, 6) is 0.0231. The Morgan fingerprint density at radius 1 is 1.41 bits per heavy atom. The maximum absolute atomic E-state index is 12.0. The van der Waals surface area contributed by atoms with Crippen LogP contribution in [-0.4, -0.2) is 38.3 Å². The molecule has 1 aliphatic heterocycles.